The summed E-state index contributed by atoms with van der Waals surface area (Å²) in [6.07, 6.45) is 4.86. The van der Waals surface area contributed by atoms with Crippen molar-refractivity contribution in [2.75, 3.05) is 0 Å². The molecule has 1 aromatic carbocycles. The predicted octanol–water partition coefficient (Wildman–Crippen LogP) is 2.26. The van der Waals surface area contributed by atoms with Crippen molar-refractivity contribution in [1.29, 1.82) is 0 Å². The van der Waals surface area contributed by atoms with Gasteiger partial charge in [-0.15, -0.1) is 0 Å². The van der Waals surface area contributed by atoms with Gasteiger partial charge >= 0.3 is 6.92 Å². The molecule has 0 spiro atoms. The molecular formula is C18H20BNO2. The van der Waals surface area contributed by atoms with E-state index in [1.54, 1.807) is 6.20 Å². The molecule has 0 unspecified atom stereocenters. The van der Waals surface area contributed by atoms with Crippen molar-refractivity contribution in [2.24, 2.45) is 0 Å². The van der Waals surface area contributed by atoms with Crippen LogP contribution in [0.3, 0.4) is 0 Å². The molecule has 0 bridgehead atoms. The Morgan fingerprint density at radius 1 is 1.32 bits per heavy atom. The summed E-state index contributed by atoms with van der Waals surface area (Å²) in [5.41, 5.74) is 5.81. The van der Waals surface area contributed by atoms with Gasteiger partial charge < -0.3 is 5.02 Å². The lowest BCUT2D eigenvalue weighted by molar-refractivity contribution is 0.0992. The fourth-order valence-electron chi connectivity index (χ4n) is 3.02. The topological polar surface area (TPSA) is 50.2 Å². The first-order valence-corrected chi connectivity index (χ1v) is 7.81. The number of aryl methyl sites for hydroxylation is 3. The number of Topliss-reactive ketones (excluding diaryl/α,β-unsaturated/α-hetero) is 1. The average Bonchev–Trinajstić information content (AvgIpc) is 2.51. The van der Waals surface area contributed by atoms with E-state index in [9.17, 15) is 9.82 Å². The van der Waals surface area contributed by atoms with Crippen LogP contribution in [-0.2, 0) is 12.8 Å². The number of nitrogens with zero attached hydrogens (tertiary/aromatic N) is 1. The van der Waals surface area contributed by atoms with Crippen molar-refractivity contribution in [3.63, 3.8) is 0 Å². The van der Waals surface area contributed by atoms with Crippen LogP contribution >= 0.6 is 0 Å². The number of aromatic nitrogens is 1. The van der Waals surface area contributed by atoms with Gasteiger partial charge in [0, 0.05) is 23.9 Å². The first-order chi connectivity index (χ1) is 10.5. The lowest BCUT2D eigenvalue weighted by atomic mass is 9.53. The van der Waals surface area contributed by atoms with Crippen molar-refractivity contribution >= 4 is 18.2 Å². The minimum atomic E-state index is -0.387. The smallest absolute Gasteiger partial charge is 0.323 e. The molecule has 0 saturated carbocycles. The number of pyridine rings is 1. The number of carbonyl (C=O) groups excluding carboxylic acids is 1. The molecule has 0 fully saturated rings. The summed E-state index contributed by atoms with van der Waals surface area (Å²) in [6.45, 7) is 3.52. The van der Waals surface area contributed by atoms with Crippen molar-refractivity contribution < 1.29 is 9.82 Å². The van der Waals surface area contributed by atoms with E-state index in [0.29, 0.717) is 12.0 Å². The highest BCUT2D eigenvalue weighted by Gasteiger charge is 2.22. The van der Waals surface area contributed by atoms with Gasteiger partial charge in [0.05, 0.1) is 0 Å². The monoisotopic (exact) mass is 293 g/mol. The Hall–Kier alpha value is -1.94. The Balaban J connectivity index is 1.82. The number of ketones is 1. The molecule has 1 N–H and O–H groups in total. The second-order valence-corrected chi connectivity index (χ2v) is 6.17. The molecule has 22 heavy (non-hydrogen) atoms. The largest absolute Gasteiger partial charge is 0.446 e. The molecule has 0 radical (unpaired) electrons. The van der Waals surface area contributed by atoms with E-state index < -0.39 is 0 Å². The summed E-state index contributed by atoms with van der Waals surface area (Å²) in [7, 11) is 0. The molecule has 1 aliphatic rings. The predicted molar refractivity (Wildman–Crippen MR) is 88.9 cm³/mol. The van der Waals surface area contributed by atoms with Gasteiger partial charge in [-0.3, -0.25) is 9.78 Å². The summed E-state index contributed by atoms with van der Waals surface area (Å²) in [5, 5.41) is 10.1. The molecule has 0 aliphatic carbocycles. The summed E-state index contributed by atoms with van der Waals surface area (Å²) < 4.78 is 0. The van der Waals surface area contributed by atoms with Crippen LogP contribution in [0.4, 0.5) is 0 Å². The van der Waals surface area contributed by atoms with Crippen LogP contribution in [0.15, 0.2) is 30.5 Å². The van der Waals surface area contributed by atoms with Gasteiger partial charge in [0.25, 0.3) is 0 Å². The lowest BCUT2D eigenvalue weighted by Crippen LogP contribution is -2.36. The molecule has 2 heterocycles. The van der Waals surface area contributed by atoms with Crippen molar-refractivity contribution in [2.45, 2.75) is 39.4 Å². The van der Waals surface area contributed by atoms with E-state index in [4.69, 9.17) is 0 Å². The molecule has 4 heteroatoms. The van der Waals surface area contributed by atoms with E-state index in [1.165, 1.54) is 5.56 Å². The van der Waals surface area contributed by atoms with Crippen molar-refractivity contribution in [3.05, 3.63) is 58.4 Å². The molecule has 3 rings (SSSR count). The van der Waals surface area contributed by atoms with E-state index in [0.717, 1.165) is 41.4 Å². The lowest BCUT2D eigenvalue weighted by Gasteiger charge is -2.19. The second kappa shape index (κ2) is 6.05. The molecular weight excluding hydrogens is 273 g/mol. The third-order valence-electron chi connectivity index (χ3n) is 4.52. The minimum Gasteiger partial charge on any atom is -0.446 e. The molecule has 3 nitrogen and oxygen atoms in total. The van der Waals surface area contributed by atoms with Gasteiger partial charge in [-0.25, -0.2) is 0 Å². The molecule has 1 aromatic heterocycles. The van der Waals surface area contributed by atoms with Gasteiger partial charge in [-0.2, -0.15) is 0 Å². The highest BCUT2D eigenvalue weighted by Crippen LogP contribution is 2.16. The zero-order chi connectivity index (χ0) is 15.7. The zero-order valence-corrected chi connectivity index (χ0v) is 13.1. The first kappa shape index (κ1) is 15.0. The molecule has 2 aromatic rings. The Bertz CT molecular complexity index is 727. The van der Waals surface area contributed by atoms with Crippen molar-refractivity contribution in [1.82, 2.24) is 4.98 Å². The summed E-state index contributed by atoms with van der Waals surface area (Å²) in [4.78, 5) is 16.7. The molecule has 0 amide bonds. The Kier molecular flexibility index (Phi) is 4.12. The maximum absolute atomic E-state index is 12.4. The Morgan fingerprint density at radius 2 is 2.14 bits per heavy atom. The van der Waals surface area contributed by atoms with Crippen LogP contribution in [0.5, 0.6) is 0 Å². The minimum absolute atomic E-state index is 0.0702. The number of carbonyl (C=O) groups is 1. The van der Waals surface area contributed by atoms with E-state index in [2.05, 4.69) is 11.1 Å². The summed E-state index contributed by atoms with van der Waals surface area (Å²) in [5.74, 6) is 0.0702. The van der Waals surface area contributed by atoms with Crippen LogP contribution in [0.25, 0.3) is 0 Å². The van der Waals surface area contributed by atoms with Crippen LogP contribution < -0.4 is 5.46 Å². The Morgan fingerprint density at radius 3 is 2.91 bits per heavy atom. The fraction of sp³-hybridized carbons (Fsp3) is 0.333. The van der Waals surface area contributed by atoms with E-state index in [-0.39, 0.29) is 12.7 Å². The van der Waals surface area contributed by atoms with Crippen LogP contribution in [0, 0.1) is 13.8 Å². The quantitative estimate of drug-likeness (QED) is 0.697. The Labute approximate surface area is 131 Å². The van der Waals surface area contributed by atoms with Crippen LogP contribution in [-0.4, -0.2) is 22.7 Å². The van der Waals surface area contributed by atoms with Crippen molar-refractivity contribution in [3.8, 4) is 0 Å². The standard InChI is InChI=1S/C18H20BNO2/c1-12-8-16(11-20-13(12)2)18(21)10-14-5-6-15-4-3-7-19(22)17(15)9-14/h5-6,8-9,11,22H,3-4,7,10H2,1-2H3. The van der Waals surface area contributed by atoms with Crippen LogP contribution in [0.1, 0.15) is 39.2 Å². The van der Waals surface area contributed by atoms with Gasteiger partial charge in [0.1, 0.15) is 0 Å². The number of benzene rings is 1. The van der Waals surface area contributed by atoms with E-state index >= 15 is 0 Å². The number of rotatable bonds is 3. The summed E-state index contributed by atoms with van der Waals surface area (Å²) >= 11 is 0. The van der Waals surface area contributed by atoms with Crippen LogP contribution in [0.2, 0.25) is 6.32 Å². The second-order valence-electron chi connectivity index (χ2n) is 6.17. The maximum Gasteiger partial charge on any atom is 0.323 e. The normalized spacial score (nSPS) is 13.9. The molecule has 0 atom stereocenters. The highest BCUT2D eigenvalue weighted by molar-refractivity contribution is 6.67. The van der Waals surface area contributed by atoms with Gasteiger partial charge in [-0.05, 0) is 49.2 Å². The number of hydrogen-bond acceptors (Lipinski definition) is 3. The van der Waals surface area contributed by atoms with Gasteiger partial charge in [0.15, 0.2) is 5.78 Å². The molecule has 112 valence electrons. The zero-order valence-electron chi connectivity index (χ0n) is 13.1. The first-order valence-electron chi connectivity index (χ1n) is 7.81. The van der Waals surface area contributed by atoms with Gasteiger partial charge in [0.2, 0.25) is 0 Å². The highest BCUT2D eigenvalue weighted by atomic mass is 16.2. The SMILES string of the molecule is Cc1cc(C(=O)Cc2ccc3c(c2)B(O)CCC3)cnc1C. The third-order valence-corrected chi connectivity index (χ3v) is 4.52. The van der Waals surface area contributed by atoms with E-state index in [1.807, 2.05) is 32.0 Å². The fourth-order valence-corrected chi connectivity index (χ4v) is 3.02. The van der Waals surface area contributed by atoms with Gasteiger partial charge in [-0.1, -0.05) is 30.2 Å². The number of hydrogen-bond donors (Lipinski definition) is 1. The average molecular weight is 293 g/mol. The summed E-state index contributed by atoms with van der Waals surface area (Å²) in [6, 6.07) is 7.95. The third kappa shape index (κ3) is 2.97. The maximum atomic E-state index is 12.4. The molecule has 0 saturated heterocycles. The number of fused-ring (bicyclic) bond motifs is 1. The molecule has 1 aliphatic heterocycles.